The Balaban J connectivity index is 1.34. The number of aryl methyl sites for hydroxylation is 1. The highest BCUT2D eigenvalue weighted by Gasteiger charge is 2.50. The molecule has 0 radical (unpaired) electrons. The van der Waals surface area contributed by atoms with Crippen LogP contribution in [0.4, 0.5) is 0 Å². The fourth-order valence-corrected chi connectivity index (χ4v) is 5.58. The molecule has 0 bridgehead atoms. The lowest BCUT2D eigenvalue weighted by atomic mass is 9.78. The Kier molecular flexibility index (Phi) is 4.00. The molecule has 1 aromatic carbocycles. The van der Waals surface area contributed by atoms with Crippen LogP contribution in [0.25, 0.3) is 10.2 Å². The molecule has 2 aliphatic heterocycles. The quantitative estimate of drug-likeness (QED) is 0.815. The van der Waals surface area contributed by atoms with Crippen LogP contribution in [-0.2, 0) is 4.79 Å². The van der Waals surface area contributed by atoms with Crippen LogP contribution in [0.3, 0.4) is 0 Å². The molecule has 2 saturated heterocycles. The average Bonchev–Trinajstić information content (AvgIpc) is 3.24. The van der Waals surface area contributed by atoms with E-state index in [4.69, 9.17) is 0 Å². The van der Waals surface area contributed by atoms with E-state index >= 15 is 0 Å². The highest BCUT2D eigenvalue weighted by atomic mass is 32.1. The van der Waals surface area contributed by atoms with Crippen molar-refractivity contribution in [2.75, 3.05) is 26.2 Å². The van der Waals surface area contributed by atoms with Crippen molar-refractivity contribution in [1.82, 2.24) is 14.8 Å². The Bertz CT molecular complexity index is 919. The summed E-state index contributed by atoms with van der Waals surface area (Å²) in [5.74, 6) is 1.06. The SMILES string of the molecule is Cc1nc2ccc(C(=O)N3CC[C@@]4(CCCN(CC5CC5)C4=O)C3)cc2s1. The lowest BCUT2D eigenvalue weighted by molar-refractivity contribution is -0.145. The van der Waals surface area contributed by atoms with Gasteiger partial charge in [-0.25, -0.2) is 4.98 Å². The smallest absolute Gasteiger partial charge is 0.253 e. The van der Waals surface area contributed by atoms with Gasteiger partial charge >= 0.3 is 0 Å². The van der Waals surface area contributed by atoms with Crippen LogP contribution in [0.15, 0.2) is 18.2 Å². The van der Waals surface area contributed by atoms with Gasteiger partial charge in [0.25, 0.3) is 5.91 Å². The van der Waals surface area contributed by atoms with Crippen LogP contribution in [0.1, 0.15) is 47.5 Å². The molecule has 3 heterocycles. The van der Waals surface area contributed by atoms with Crippen molar-refractivity contribution < 1.29 is 9.59 Å². The first-order chi connectivity index (χ1) is 13.0. The Morgan fingerprint density at radius 1 is 1.30 bits per heavy atom. The molecule has 6 heteroatoms. The number of hydrogen-bond acceptors (Lipinski definition) is 4. The summed E-state index contributed by atoms with van der Waals surface area (Å²) in [6.45, 7) is 5.06. The first kappa shape index (κ1) is 17.2. The summed E-state index contributed by atoms with van der Waals surface area (Å²) in [6.07, 6.45) is 5.32. The van der Waals surface area contributed by atoms with Gasteiger partial charge in [-0.05, 0) is 63.1 Å². The summed E-state index contributed by atoms with van der Waals surface area (Å²) in [4.78, 5) is 34.7. The average molecular weight is 384 g/mol. The molecule has 27 heavy (non-hydrogen) atoms. The first-order valence-corrected chi connectivity index (χ1v) is 10.8. The maximum Gasteiger partial charge on any atom is 0.253 e. The molecule has 5 nitrogen and oxygen atoms in total. The number of amides is 2. The topological polar surface area (TPSA) is 53.5 Å². The van der Waals surface area contributed by atoms with Crippen molar-refractivity contribution in [3.63, 3.8) is 0 Å². The standard InChI is InChI=1S/C21H25N3O2S/c1-14-22-17-6-5-16(11-18(17)27-14)19(25)24-10-8-21(13-24)7-2-9-23(20(21)26)12-15-3-4-15/h5-6,11,15H,2-4,7-10,12-13H2,1H3/t21-/m0/s1. The summed E-state index contributed by atoms with van der Waals surface area (Å²) in [6, 6.07) is 5.76. The number of carbonyl (C=O) groups excluding carboxylic acids is 2. The minimum atomic E-state index is -0.339. The number of likely N-dealkylation sites (tertiary alicyclic amines) is 2. The number of carbonyl (C=O) groups is 2. The van der Waals surface area contributed by atoms with Crippen LogP contribution in [0.5, 0.6) is 0 Å². The number of thiazole rings is 1. The molecular weight excluding hydrogens is 358 g/mol. The molecule has 2 amide bonds. The summed E-state index contributed by atoms with van der Waals surface area (Å²) in [5, 5.41) is 1.01. The summed E-state index contributed by atoms with van der Waals surface area (Å²) in [5.41, 5.74) is 1.32. The van der Waals surface area contributed by atoms with E-state index in [0.717, 1.165) is 53.5 Å². The second kappa shape index (κ2) is 6.30. The second-order valence-corrected chi connectivity index (χ2v) is 9.71. The number of nitrogens with zero attached hydrogens (tertiary/aromatic N) is 3. The van der Waals surface area contributed by atoms with E-state index in [1.807, 2.05) is 30.0 Å². The predicted octanol–water partition coefficient (Wildman–Crippen LogP) is 3.47. The lowest BCUT2D eigenvalue weighted by Gasteiger charge is -2.39. The molecule has 1 atom stereocenters. The fraction of sp³-hybridized carbons (Fsp3) is 0.571. The molecule has 1 aliphatic carbocycles. The third kappa shape index (κ3) is 3.04. The van der Waals surface area contributed by atoms with Gasteiger partial charge in [0.1, 0.15) is 0 Å². The summed E-state index contributed by atoms with van der Waals surface area (Å²) >= 11 is 1.62. The van der Waals surface area contributed by atoms with Crippen molar-refractivity contribution in [3.05, 3.63) is 28.8 Å². The van der Waals surface area contributed by atoms with E-state index < -0.39 is 0 Å². The molecule has 142 valence electrons. The van der Waals surface area contributed by atoms with Crippen molar-refractivity contribution in [2.24, 2.45) is 11.3 Å². The number of fused-ring (bicyclic) bond motifs is 1. The van der Waals surface area contributed by atoms with Crippen LogP contribution in [0.2, 0.25) is 0 Å². The van der Waals surface area contributed by atoms with Crippen LogP contribution >= 0.6 is 11.3 Å². The number of aromatic nitrogens is 1. The molecule has 2 aromatic rings. The minimum Gasteiger partial charge on any atom is -0.342 e. The maximum atomic E-state index is 13.2. The molecule has 3 aliphatic rings. The molecular formula is C21H25N3O2S. The zero-order valence-electron chi connectivity index (χ0n) is 15.7. The fourth-order valence-electron chi connectivity index (χ4n) is 4.72. The number of rotatable bonds is 3. The van der Waals surface area contributed by atoms with Gasteiger partial charge in [0.05, 0.1) is 20.6 Å². The van der Waals surface area contributed by atoms with E-state index in [-0.39, 0.29) is 11.3 Å². The Hall–Kier alpha value is -1.95. The Morgan fingerprint density at radius 3 is 2.96 bits per heavy atom. The van der Waals surface area contributed by atoms with Crippen molar-refractivity contribution in [2.45, 2.75) is 39.0 Å². The van der Waals surface area contributed by atoms with E-state index in [2.05, 4.69) is 9.88 Å². The maximum absolute atomic E-state index is 13.2. The van der Waals surface area contributed by atoms with Gasteiger partial charge in [-0.15, -0.1) is 11.3 Å². The zero-order valence-corrected chi connectivity index (χ0v) is 16.6. The largest absolute Gasteiger partial charge is 0.342 e. The van der Waals surface area contributed by atoms with E-state index in [0.29, 0.717) is 24.6 Å². The number of hydrogen-bond donors (Lipinski definition) is 0. The van der Waals surface area contributed by atoms with Crippen LogP contribution in [-0.4, -0.2) is 52.8 Å². The third-order valence-corrected chi connectivity index (χ3v) is 7.32. The molecule has 3 fully saturated rings. The lowest BCUT2D eigenvalue weighted by Crippen LogP contribution is -2.50. The monoisotopic (exact) mass is 383 g/mol. The zero-order chi connectivity index (χ0) is 18.6. The molecule has 5 rings (SSSR count). The number of benzene rings is 1. The summed E-state index contributed by atoms with van der Waals surface area (Å²) in [7, 11) is 0. The summed E-state index contributed by atoms with van der Waals surface area (Å²) < 4.78 is 1.05. The molecule has 1 saturated carbocycles. The van der Waals surface area contributed by atoms with Gasteiger partial charge in [-0.1, -0.05) is 0 Å². The van der Waals surface area contributed by atoms with Crippen LogP contribution < -0.4 is 0 Å². The first-order valence-electron chi connectivity index (χ1n) is 10.00. The van der Waals surface area contributed by atoms with Gasteiger partial charge in [0.15, 0.2) is 0 Å². The van der Waals surface area contributed by atoms with E-state index in [1.54, 1.807) is 11.3 Å². The van der Waals surface area contributed by atoms with Crippen molar-refractivity contribution in [1.29, 1.82) is 0 Å². The Morgan fingerprint density at radius 2 is 2.15 bits per heavy atom. The normalized spacial score (nSPS) is 25.7. The predicted molar refractivity (Wildman–Crippen MR) is 106 cm³/mol. The van der Waals surface area contributed by atoms with Gasteiger partial charge < -0.3 is 9.80 Å². The molecule has 1 spiro atoms. The van der Waals surface area contributed by atoms with E-state index in [1.165, 1.54) is 12.8 Å². The minimum absolute atomic E-state index is 0.0481. The Labute approximate surface area is 163 Å². The third-order valence-electron chi connectivity index (χ3n) is 6.38. The van der Waals surface area contributed by atoms with Crippen molar-refractivity contribution in [3.8, 4) is 0 Å². The van der Waals surface area contributed by atoms with Gasteiger partial charge in [0.2, 0.25) is 5.91 Å². The number of piperidine rings is 1. The van der Waals surface area contributed by atoms with Gasteiger partial charge in [-0.3, -0.25) is 9.59 Å². The highest BCUT2D eigenvalue weighted by Crippen LogP contribution is 2.42. The molecule has 1 aromatic heterocycles. The molecule has 0 unspecified atom stereocenters. The second-order valence-electron chi connectivity index (χ2n) is 8.47. The highest BCUT2D eigenvalue weighted by molar-refractivity contribution is 7.18. The van der Waals surface area contributed by atoms with Gasteiger partial charge in [0, 0.05) is 31.7 Å². The molecule has 0 N–H and O–H groups in total. The van der Waals surface area contributed by atoms with E-state index in [9.17, 15) is 9.59 Å². The van der Waals surface area contributed by atoms with Gasteiger partial charge in [-0.2, -0.15) is 0 Å². The van der Waals surface area contributed by atoms with Crippen molar-refractivity contribution >= 4 is 33.4 Å². The van der Waals surface area contributed by atoms with Crippen LogP contribution in [0, 0.1) is 18.3 Å².